The number of hydrogen-bond donors (Lipinski definition) is 4. The van der Waals surface area contributed by atoms with E-state index < -0.39 is 12.1 Å². The predicted octanol–water partition coefficient (Wildman–Crippen LogP) is -0.151. The molecule has 0 unspecified atom stereocenters. The minimum Gasteiger partial charge on any atom is -0.391 e. The molecule has 1 spiro atoms. The Morgan fingerprint density at radius 2 is 1.96 bits per heavy atom. The number of benzene rings is 1. The van der Waals surface area contributed by atoms with Gasteiger partial charge in [-0.1, -0.05) is 30.3 Å². The van der Waals surface area contributed by atoms with Gasteiger partial charge in [0.05, 0.1) is 17.7 Å². The molecule has 1 saturated carbocycles. The first kappa shape index (κ1) is 18.5. The third-order valence-electron chi connectivity index (χ3n) is 5.70. The monoisotopic (exact) mass is 384 g/mol. The van der Waals surface area contributed by atoms with Gasteiger partial charge in [0.1, 0.15) is 0 Å². The standard InChI is InChI=1S/C20H24N4O4/c25-16-9-14(18(27)24-11-20(12-24)10-21-19(28)23-20)8-15(16)22-17(26)7-6-13-4-2-1-3-5-13/h1-7,14-16,25H,8-12H2,(H,22,26)(H2,21,23,28)/t14-,15-,16-/m0/s1. The summed E-state index contributed by atoms with van der Waals surface area (Å²) in [5, 5.41) is 18.7. The Balaban J connectivity index is 1.27. The largest absolute Gasteiger partial charge is 0.391 e. The smallest absolute Gasteiger partial charge is 0.315 e. The number of aliphatic hydroxyl groups is 1. The Kier molecular flexibility index (Phi) is 4.80. The summed E-state index contributed by atoms with van der Waals surface area (Å²) in [6, 6.07) is 8.83. The van der Waals surface area contributed by atoms with Gasteiger partial charge in [-0.05, 0) is 24.5 Å². The van der Waals surface area contributed by atoms with Crippen molar-refractivity contribution in [2.75, 3.05) is 19.6 Å². The summed E-state index contributed by atoms with van der Waals surface area (Å²) in [5.74, 6) is -0.633. The molecule has 1 aromatic carbocycles. The second-order valence-corrected chi connectivity index (χ2v) is 7.88. The number of aliphatic hydroxyl groups excluding tert-OH is 1. The molecule has 0 bridgehead atoms. The molecule has 8 heteroatoms. The van der Waals surface area contributed by atoms with E-state index in [4.69, 9.17) is 0 Å². The predicted molar refractivity (Wildman–Crippen MR) is 102 cm³/mol. The summed E-state index contributed by atoms with van der Waals surface area (Å²) in [5.41, 5.74) is 0.567. The van der Waals surface area contributed by atoms with Crippen molar-refractivity contribution in [3.05, 3.63) is 42.0 Å². The van der Waals surface area contributed by atoms with E-state index in [2.05, 4.69) is 16.0 Å². The highest BCUT2D eigenvalue weighted by Gasteiger charge is 2.51. The second kappa shape index (κ2) is 7.27. The maximum atomic E-state index is 12.7. The Labute approximate surface area is 163 Å². The first-order chi connectivity index (χ1) is 13.4. The van der Waals surface area contributed by atoms with E-state index in [1.807, 2.05) is 30.3 Å². The van der Waals surface area contributed by atoms with Crippen LogP contribution in [0.2, 0.25) is 0 Å². The molecule has 4 amide bonds. The number of urea groups is 1. The summed E-state index contributed by atoms with van der Waals surface area (Å²) in [6.07, 6.45) is 3.15. The highest BCUT2D eigenvalue weighted by Crippen LogP contribution is 2.32. The number of nitrogens with one attached hydrogen (secondary N) is 3. The molecule has 28 heavy (non-hydrogen) atoms. The van der Waals surface area contributed by atoms with Crippen molar-refractivity contribution in [2.24, 2.45) is 5.92 Å². The number of nitrogens with zero attached hydrogens (tertiary/aromatic N) is 1. The summed E-state index contributed by atoms with van der Waals surface area (Å²) < 4.78 is 0. The van der Waals surface area contributed by atoms with Gasteiger partial charge in [-0.3, -0.25) is 9.59 Å². The van der Waals surface area contributed by atoms with Crippen molar-refractivity contribution in [1.82, 2.24) is 20.9 Å². The Morgan fingerprint density at radius 3 is 2.64 bits per heavy atom. The molecular formula is C20H24N4O4. The minimum absolute atomic E-state index is 0.0256. The molecule has 3 aliphatic rings. The number of carbonyl (C=O) groups excluding carboxylic acids is 3. The van der Waals surface area contributed by atoms with Crippen molar-refractivity contribution in [1.29, 1.82) is 0 Å². The zero-order valence-electron chi connectivity index (χ0n) is 15.4. The average Bonchev–Trinajstić information content (AvgIpc) is 3.22. The third kappa shape index (κ3) is 3.73. The van der Waals surface area contributed by atoms with Gasteiger partial charge in [0.25, 0.3) is 0 Å². The molecule has 4 N–H and O–H groups in total. The van der Waals surface area contributed by atoms with E-state index in [0.717, 1.165) is 5.56 Å². The lowest BCUT2D eigenvalue weighted by atomic mass is 9.89. The van der Waals surface area contributed by atoms with E-state index in [0.29, 0.717) is 32.5 Å². The Morgan fingerprint density at radius 1 is 1.21 bits per heavy atom. The normalized spacial score (nSPS) is 28.1. The summed E-state index contributed by atoms with van der Waals surface area (Å²) >= 11 is 0. The lowest BCUT2D eigenvalue weighted by molar-refractivity contribution is -0.143. The van der Waals surface area contributed by atoms with E-state index in [1.165, 1.54) is 6.08 Å². The molecule has 1 aromatic rings. The molecule has 2 saturated heterocycles. The first-order valence-electron chi connectivity index (χ1n) is 9.51. The van der Waals surface area contributed by atoms with Crippen LogP contribution in [-0.2, 0) is 9.59 Å². The Hall–Kier alpha value is -2.87. The number of carbonyl (C=O) groups is 3. The van der Waals surface area contributed by atoms with Crippen LogP contribution in [0.25, 0.3) is 6.08 Å². The SMILES string of the molecule is O=C(C=Cc1ccccc1)N[C@H]1C[C@H](C(=O)N2CC3(CNC(=O)N3)C2)C[C@@H]1O. The van der Waals surface area contributed by atoms with Crippen LogP contribution >= 0.6 is 0 Å². The number of hydrogen-bond acceptors (Lipinski definition) is 4. The van der Waals surface area contributed by atoms with Crippen molar-refractivity contribution in [2.45, 2.75) is 30.5 Å². The number of amides is 4. The molecule has 4 rings (SSSR count). The molecular weight excluding hydrogens is 360 g/mol. The van der Waals surface area contributed by atoms with E-state index in [-0.39, 0.29) is 29.3 Å². The quantitative estimate of drug-likeness (QED) is 0.541. The fraction of sp³-hybridized carbons (Fsp3) is 0.450. The molecule has 2 aliphatic heterocycles. The topological polar surface area (TPSA) is 111 Å². The van der Waals surface area contributed by atoms with E-state index in [1.54, 1.807) is 11.0 Å². The van der Waals surface area contributed by atoms with Crippen LogP contribution in [0.5, 0.6) is 0 Å². The lowest BCUT2D eigenvalue weighted by Crippen LogP contribution is -2.70. The number of rotatable bonds is 4. The summed E-state index contributed by atoms with van der Waals surface area (Å²) in [4.78, 5) is 37.9. The van der Waals surface area contributed by atoms with Gasteiger partial charge in [-0.25, -0.2) is 4.79 Å². The van der Waals surface area contributed by atoms with Crippen LogP contribution in [0, 0.1) is 5.92 Å². The number of likely N-dealkylation sites (tertiary alicyclic amines) is 1. The molecule has 1 aliphatic carbocycles. The second-order valence-electron chi connectivity index (χ2n) is 7.88. The minimum atomic E-state index is -0.744. The molecule has 3 atom stereocenters. The highest BCUT2D eigenvalue weighted by atomic mass is 16.3. The maximum absolute atomic E-state index is 12.7. The van der Waals surface area contributed by atoms with Gasteiger partial charge in [-0.15, -0.1) is 0 Å². The molecule has 0 aromatic heterocycles. The molecule has 2 heterocycles. The van der Waals surface area contributed by atoms with Crippen LogP contribution in [0.3, 0.4) is 0 Å². The zero-order valence-corrected chi connectivity index (χ0v) is 15.4. The van der Waals surface area contributed by atoms with Crippen LogP contribution < -0.4 is 16.0 Å². The van der Waals surface area contributed by atoms with E-state index >= 15 is 0 Å². The fourth-order valence-corrected chi connectivity index (χ4v) is 4.21. The van der Waals surface area contributed by atoms with Crippen molar-refractivity contribution in [3.8, 4) is 0 Å². The lowest BCUT2D eigenvalue weighted by Gasteiger charge is -2.47. The zero-order chi connectivity index (χ0) is 19.7. The average molecular weight is 384 g/mol. The van der Waals surface area contributed by atoms with Crippen LogP contribution in [-0.4, -0.2) is 65.2 Å². The van der Waals surface area contributed by atoms with Gasteiger partial charge >= 0.3 is 6.03 Å². The summed E-state index contributed by atoms with van der Waals surface area (Å²) in [7, 11) is 0. The van der Waals surface area contributed by atoms with Gasteiger partial charge in [0.15, 0.2) is 0 Å². The summed E-state index contributed by atoms with van der Waals surface area (Å²) in [6.45, 7) is 1.48. The van der Waals surface area contributed by atoms with Gasteiger partial charge in [0.2, 0.25) is 11.8 Å². The van der Waals surface area contributed by atoms with Crippen molar-refractivity contribution in [3.63, 3.8) is 0 Å². The molecule has 3 fully saturated rings. The first-order valence-corrected chi connectivity index (χ1v) is 9.51. The van der Waals surface area contributed by atoms with Crippen LogP contribution in [0.4, 0.5) is 4.79 Å². The maximum Gasteiger partial charge on any atom is 0.315 e. The van der Waals surface area contributed by atoms with E-state index in [9.17, 15) is 19.5 Å². The molecule has 0 radical (unpaired) electrons. The molecule has 8 nitrogen and oxygen atoms in total. The van der Waals surface area contributed by atoms with Gasteiger partial charge in [0, 0.05) is 31.6 Å². The Bertz CT molecular complexity index is 804. The van der Waals surface area contributed by atoms with Gasteiger partial charge < -0.3 is 26.0 Å². The van der Waals surface area contributed by atoms with Crippen LogP contribution in [0.15, 0.2) is 36.4 Å². The van der Waals surface area contributed by atoms with Crippen LogP contribution in [0.1, 0.15) is 18.4 Å². The van der Waals surface area contributed by atoms with Crippen molar-refractivity contribution >= 4 is 23.9 Å². The van der Waals surface area contributed by atoms with Gasteiger partial charge in [-0.2, -0.15) is 0 Å². The third-order valence-corrected chi connectivity index (χ3v) is 5.70. The fourth-order valence-electron chi connectivity index (χ4n) is 4.21. The highest BCUT2D eigenvalue weighted by molar-refractivity contribution is 5.92. The molecule has 148 valence electrons. The van der Waals surface area contributed by atoms with Crippen molar-refractivity contribution < 1.29 is 19.5 Å².